The van der Waals surface area contributed by atoms with Gasteiger partial charge < -0.3 is 36.2 Å². The van der Waals surface area contributed by atoms with Crippen molar-refractivity contribution in [1.82, 2.24) is 5.32 Å². The van der Waals surface area contributed by atoms with Crippen molar-refractivity contribution in [2.24, 2.45) is 5.41 Å². The van der Waals surface area contributed by atoms with E-state index in [1.54, 1.807) is 31.2 Å². The summed E-state index contributed by atoms with van der Waals surface area (Å²) in [7, 11) is 0. The molecule has 8 heteroatoms. The monoisotopic (exact) mass is 530 g/mol. The molecule has 0 bridgehead atoms. The molecule has 3 aromatic carbocycles. The molecule has 3 aromatic rings. The average Bonchev–Trinajstić information content (AvgIpc) is 2.94. The Bertz CT molecular complexity index is 1330. The largest absolute Gasteiger partial charge is 0.508 e. The Morgan fingerprint density at radius 1 is 0.949 bits per heavy atom. The molecule has 8 nitrogen and oxygen atoms in total. The van der Waals surface area contributed by atoms with Gasteiger partial charge in [-0.1, -0.05) is 49.6 Å². The van der Waals surface area contributed by atoms with Crippen LogP contribution in [-0.4, -0.2) is 52.3 Å². The number of nitrogens with one attached hydrogen (secondary N) is 1. The number of benzene rings is 3. The second-order valence-electron chi connectivity index (χ2n) is 9.93. The van der Waals surface area contributed by atoms with Crippen LogP contribution in [0.2, 0.25) is 0 Å². The quantitative estimate of drug-likeness (QED) is 0.133. The summed E-state index contributed by atoms with van der Waals surface area (Å²) in [4.78, 5) is 13.2. The molecule has 0 saturated carbocycles. The third-order valence-corrected chi connectivity index (χ3v) is 6.39. The summed E-state index contributed by atoms with van der Waals surface area (Å²) in [5, 5.41) is 43.3. The number of hydrogen-bond acceptors (Lipinski definition) is 8. The highest BCUT2D eigenvalue weighted by Gasteiger charge is 2.41. The molecule has 0 aliphatic heterocycles. The van der Waals surface area contributed by atoms with Crippen LogP contribution in [0.3, 0.4) is 0 Å². The summed E-state index contributed by atoms with van der Waals surface area (Å²) in [5.74, 6) is 5.35. The molecule has 39 heavy (non-hydrogen) atoms. The number of aliphatic hydroxyl groups is 3. The molecule has 0 fully saturated rings. The highest BCUT2D eigenvalue weighted by molar-refractivity contribution is 5.80. The van der Waals surface area contributed by atoms with E-state index in [-0.39, 0.29) is 12.4 Å². The number of hydrogen-bond donors (Lipinski definition) is 6. The van der Waals surface area contributed by atoms with Crippen molar-refractivity contribution in [1.29, 1.82) is 0 Å². The van der Waals surface area contributed by atoms with E-state index in [0.29, 0.717) is 22.5 Å². The predicted molar refractivity (Wildman–Crippen MR) is 150 cm³/mol. The Balaban J connectivity index is 1.82. The van der Waals surface area contributed by atoms with Gasteiger partial charge in [0.15, 0.2) is 6.04 Å². The van der Waals surface area contributed by atoms with Crippen molar-refractivity contribution in [2.45, 2.75) is 25.5 Å². The smallest absolute Gasteiger partial charge is 0.331 e. The zero-order valence-electron chi connectivity index (χ0n) is 22.0. The number of phenols is 1. The molecule has 7 N–H and O–H groups in total. The number of phenolic OH excluding ortho intramolecular Hbond substituents is 1. The Morgan fingerprint density at radius 3 is 1.97 bits per heavy atom. The van der Waals surface area contributed by atoms with Crippen LogP contribution in [0.25, 0.3) is 5.70 Å². The van der Waals surface area contributed by atoms with Crippen molar-refractivity contribution in [3.05, 3.63) is 102 Å². The number of esters is 1. The van der Waals surface area contributed by atoms with Crippen LogP contribution in [0.15, 0.2) is 79.4 Å². The first kappa shape index (κ1) is 29.3. The van der Waals surface area contributed by atoms with Gasteiger partial charge in [-0.3, -0.25) is 0 Å². The molecule has 0 heterocycles. The lowest BCUT2D eigenvalue weighted by atomic mass is 9.87. The van der Waals surface area contributed by atoms with E-state index in [2.05, 4.69) is 23.7 Å². The Labute approximate surface area is 228 Å². The Hall–Kier alpha value is -4.29. The molecule has 0 radical (unpaired) electrons. The number of ether oxygens (including phenoxy) is 1. The molecule has 0 aromatic heterocycles. The van der Waals surface area contributed by atoms with Crippen LogP contribution in [0.1, 0.15) is 36.1 Å². The van der Waals surface area contributed by atoms with E-state index in [1.807, 2.05) is 24.3 Å². The van der Waals surface area contributed by atoms with Gasteiger partial charge in [-0.2, -0.15) is 0 Å². The van der Waals surface area contributed by atoms with Crippen LogP contribution in [0, 0.1) is 17.3 Å². The van der Waals surface area contributed by atoms with Crippen molar-refractivity contribution in [3.63, 3.8) is 0 Å². The van der Waals surface area contributed by atoms with Crippen molar-refractivity contribution >= 4 is 17.4 Å². The van der Waals surface area contributed by atoms with E-state index in [1.165, 1.54) is 31.2 Å². The van der Waals surface area contributed by atoms with E-state index < -0.39 is 36.2 Å². The molecule has 2 atom stereocenters. The summed E-state index contributed by atoms with van der Waals surface area (Å²) in [6, 6.07) is 18.9. The van der Waals surface area contributed by atoms with Gasteiger partial charge in [0.2, 0.25) is 0 Å². The minimum Gasteiger partial charge on any atom is -0.508 e. The normalized spacial score (nSPS) is 13.4. The van der Waals surface area contributed by atoms with Gasteiger partial charge in [-0.15, -0.1) is 0 Å². The fourth-order valence-corrected chi connectivity index (χ4v) is 3.59. The molecular weight excluding hydrogens is 496 g/mol. The highest BCUT2D eigenvalue weighted by Crippen LogP contribution is 2.29. The van der Waals surface area contributed by atoms with Crippen molar-refractivity contribution in [2.75, 3.05) is 25.6 Å². The topological polar surface area (TPSA) is 145 Å². The van der Waals surface area contributed by atoms with Crippen LogP contribution in [0.4, 0.5) is 5.69 Å². The number of aromatic hydroxyl groups is 1. The molecule has 0 aliphatic rings. The minimum absolute atomic E-state index is 0.00675. The first-order chi connectivity index (χ1) is 18.5. The molecule has 0 amide bonds. The van der Waals surface area contributed by atoms with Gasteiger partial charge in [-0.25, -0.2) is 4.79 Å². The zero-order chi connectivity index (χ0) is 28.6. The Morgan fingerprint density at radius 2 is 1.46 bits per heavy atom. The lowest BCUT2D eigenvalue weighted by Crippen LogP contribution is -2.52. The molecule has 3 rings (SSSR count). The predicted octanol–water partition coefficient (Wildman–Crippen LogP) is 2.74. The summed E-state index contributed by atoms with van der Waals surface area (Å²) < 4.78 is 5.42. The van der Waals surface area contributed by atoms with Crippen LogP contribution >= 0.6 is 0 Å². The van der Waals surface area contributed by atoms with Crippen molar-refractivity contribution < 1.29 is 30.0 Å². The number of nitrogen functional groups attached to an aromatic ring is 1. The maximum absolute atomic E-state index is 13.2. The summed E-state index contributed by atoms with van der Waals surface area (Å²) in [6.07, 6.45) is 0. The summed E-state index contributed by atoms with van der Waals surface area (Å²) in [5.41, 5.74) is 6.49. The summed E-state index contributed by atoms with van der Waals surface area (Å²) >= 11 is 0. The standard InChI is InChI=1S/C31H34N2O6/c1-21(24-10-6-22(7-11-24)4-5-23-8-14-26(32)15-9-23)33-28(29(37)39-20-30(2,18-34)19-35)31(3,38)25-12-16-27(36)17-13-25/h6-17,28,33-36,38H,1,18-20,32H2,2-3H3/t28-,31-/m1/s1. The second kappa shape index (κ2) is 12.5. The maximum atomic E-state index is 13.2. The third-order valence-electron chi connectivity index (χ3n) is 6.39. The average molecular weight is 531 g/mol. The van der Waals surface area contributed by atoms with Gasteiger partial charge in [-0.05, 0) is 66.6 Å². The molecule has 204 valence electrons. The van der Waals surface area contributed by atoms with Gasteiger partial charge >= 0.3 is 5.97 Å². The van der Waals surface area contributed by atoms with Gasteiger partial charge in [0.1, 0.15) is 18.0 Å². The van der Waals surface area contributed by atoms with Gasteiger partial charge in [0.05, 0.1) is 13.2 Å². The SMILES string of the molecule is C=C(N[C@H](C(=O)OCC(C)(CO)CO)[C@](C)(O)c1ccc(O)cc1)c1ccc(C#Cc2ccc(N)cc2)cc1. The zero-order valence-corrected chi connectivity index (χ0v) is 22.0. The number of anilines is 1. The number of carbonyl (C=O) groups excluding carboxylic acids is 1. The lowest BCUT2D eigenvalue weighted by Gasteiger charge is -2.34. The van der Waals surface area contributed by atoms with Crippen LogP contribution < -0.4 is 11.1 Å². The molecule has 0 unspecified atom stereocenters. The van der Waals surface area contributed by atoms with E-state index in [0.717, 1.165) is 11.1 Å². The van der Waals surface area contributed by atoms with E-state index in [9.17, 15) is 25.2 Å². The molecule has 0 spiro atoms. The van der Waals surface area contributed by atoms with Gasteiger partial charge in [0, 0.05) is 27.9 Å². The fraction of sp³-hybridized carbons (Fsp3) is 0.258. The molecule has 0 saturated heterocycles. The number of carbonyl (C=O) groups is 1. The lowest BCUT2D eigenvalue weighted by molar-refractivity contribution is -0.158. The first-order valence-corrected chi connectivity index (χ1v) is 12.3. The highest BCUT2D eigenvalue weighted by atomic mass is 16.5. The summed E-state index contributed by atoms with van der Waals surface area (Å²) in [6.45, 7) is 5.99. The fourth-order valence-electron chi connectivity index (χ4n) is 3.59. The van der Waals surface area contributed by atoms with Crippen LogP contribution in [-0.2, 0) is 15.1 Å². The van der Waals surface area contributed by atoms with E-state index >= 15 is 0 Å². The van der Waals surface area contributed by atoms with Crippen LogP contribution in [0.5, 0.6) is 5.75 Å². The van der Waals surface area contributed by atoms with Gasteiger partial charge in [0.25, 0.3) is 0 Å². The minimum atomic E-state index is -1.78. The molecular formula is C31H34N2O6. The number of aliphatic hydroxyl groups excluding tert-OH is 2. The maximum Gasteiger partial charge on any atom is 0.331 e. The first-order valence-electron chi connectivity index (χ1n) is 12.3. The number of nitrogens with two attached hydrogens (primary N) is 1. The number of rotatable bonds is 10. The second-order valence-corrected chi connectivity index (χ2v) is 9.93. The van der Waals surface area contributed by atoms with Crippen molar-refractivity contribution in [3.8, 4) is 17.6 Å². The molecule has 0 aliphatic carbocycles. The van der Waals surface area contributed by atoms with E-state index in [4.69, 9.17) is 10.5 Å². The Kier molecular flexibility index (Phi) is 9.38. The third kappa shape index (κ3) is 7.62.